The topological polar surface area (TPSA) is 44.5 Å². The van der Waals surface area contributed by atoms with Gasteiger partial charge >= 0.3 is 0 Å². The molecule has 112 valence electrons. The lowest BCUT2D eigenvalue weighted by atomic mass is 10.1. The summed E-state index contributed by atoms with van der Waals surface area (Å²) >= 11 is 6.04. The van der Waals surface area contributed by atoms with Gasteiger partial charge in [-0.25, -0.2) is 0 Å². The Bertz CT molecular complexity index is 618. The molecule has 0 amide bonds. The number of nitrogen functional groups attached to an aromatic ring is 1. The zero-order valence-corrected chi connectivity index (χ0v) is 13.3. The van der Waals surface area contributed by atoms with E-state index in [0.29, 0.717) is 28.8 Å². The van der Waals surface area contributed by atoms with Gasteiger partial charge in [0.2, 0.25) is 0 Å². The zero-order valence-electron chi connectivity index (χ0n) is 12.6. The van der Waals surface area contributed by atoms with Gasteiger partial charge in [-0.05, 0) is 55.7 Å². The number of halogens is 1. The molecule has 0 atom stereocenters. The van der Waals surface area contributed by atoms with Gasteiger partial charge in [-0.2, -0.15) is 0 Å². The van der Waals surface area contributed by atoms with Crippen LogP contribution in [0, 0.1) is 13.8 Å². The average Bonchev–Trinajstić information content (AvgIpc) is 2.43. The Labute approximate surface area is 130 Å². The molecule has 0 saturated heterocycles. The van der Waals surface area contributed by atoms with Crippen molar-refractivity contribution in [2.45, 2.75) is 27.2 Å². The highest BCUT2D eigenvalue weighted by molar-refractivity contribution is 6.30. The van der Waals surface area contributed by atoms with Gasteiger partial charge in [-0.3, -0.25) is 0 Å². The minimum atomic E-state index is 0.514. The first-order valence-corrected chi connectivity index (χ1v) is 7.36. The maximum absolute atomic E-state index is 6.13. The van der Waals surface area contributed by atoms with Crippen LogP contribution in [0.25, 0.3) is 0 Å². The van der Waals surface area contributed by atoms with E-state index in [1.54, 1.807) is 0 Å². The van der Waals surface area contributed by atoms with Crippen molar-refractivity contribution in [2.24, 2.45) is 0 Å². The number of anilines is 1. The molecule has 0 unspecified atom stereocenters. The predicted molar refractivity (Wildman–Crippen MR) is 87.6 cm³/mol. The van der Waals surface area contributed by atoms with Crippen LogP contribution in [-0.2, 0) is 0 Å². The van der Waals surface area contributed by atoms with Crippen LogP contribution in [0.3, 0.4) is 0 Å². The van der Waals surface area contributed by atoms with E-state index in [0.717, 1.165) is 23.3 Å². The zero-order chi connectivity index (χ0) is 15.4. The number of hydrogen-bond acceptors (Lipinski definition) is 3. The highest BCUT2D eigenvalue weighted by atomic mass is 35.5. The summed E-state index contributed by atoms with van der Waals surface area (Å²) in [5.74, 6) is 2.02. The Morgan fingerprint density at radius 2 is 1.71 bits per heavy atom. The molecular weight excluding hydrogens is 286 g/mol. The molecule has 0 heterocycles. The second-order valence-electron chi connectivity index (χ2n) is 4.99. The fraction of sp³-hybridized carbons (Fsp3) is 0.294. The lowest BCUT2D eigenvalue weighted by molar-refractivity contribution is 0.318. The quantitative estimate of drug-likeness (QED) is 0.780. The van der Waals surface area contributed by atoms with Gasteiger partial charge in [0.25, 0.3) is 0 Å². The largest absolute Gasteiger partial charge is 0.491 e. The summed E-state index contributed by atoms with van der Waals surface area (Å²) in [5.41, 5.74) is 8.58. The molecule has 0 aliphatic rings. The second-order valence-corrected chi connectivity index (χ2v) is 5.42. The summed E-state index contributed by atoms with van der Waals surface area (Å²) in [5, 5.41) is 0.699. The van der Waals surface area contributed by atoms with Gasteiger partial charge in [0.1, 0.15) is 17.2 Å². The van der Waals surface area contributed by atoms with Gasteiger partial charge in [0.15, 0.2) is 5.75 Å². The summed E-state index contributed by atoms with van der Waals surface area (Å²) in [6, 6.07) is 9.30. The molecule has 0 aliphatic heterocycles. The first-order chi connectivity index (χ1) is 10.0. The van der Waals surface area contributed by atoms with E-state index in [1.807, 2.05) is 44.2 Å². The van der Waals surface area contributed by atoms with Crippen LogP contribution in [0.1, 0.15) is 24.5 Å². The number of rotatable bonds is 5. The molecule has 0 aliphatic carbocycles. The van der Waals surface area contributed by atoms with Crippen molar-refractivity contribution >= 4 is 17.3 Å². The van der Waals surface area contributed by atoms with E-state index < -0.39 is 0 Å². The number of aryl methyl sites for hydroxylation is 2. The molecule has 4 heteroatoms. The Hall–Kier alpha value is -1.87. The lowest BCUT2D eigenvalue weighted by Crippen LogP contribution is -2.01. The Morgan fingerprint density at radius 3 is 2.33 bits per heavy atom. The molecule has 21 heavy (non-hydrogen) atoms. The third-order valence-electron chi connectivity index (χ3n) is 3.12. The average molecular weight is 306 g/mol. The van der Waals surface area contributed by atoms with Crippen LogP contribution in [0.4, 0.5) is 5.69 Å². The van der Waals surface area contributed by atoms with Gasteiger partial charge in [0.05, 0.1) is 6.61 Å². The van der Waals surface area contributed by atoms with E-state index in [9.17, 15) is 0 Å². The number of benzene rings is 2. The fourth-order valence-corrected chi connectivity index (χ4v) is 2.45. The van der Waals surface area contributed by atoms with Crippen molar-refractivity contribution in [1.29, 1.82) is 0 Å². The van der Waals surface area contributed by atoms with Crippen molar-refractivity contribution in [2.75, 3.05) is 12.3 Å². The van der Waals surface area contributed by atoms with Crippen LogP contribution in [0.5, 0.6) is 17.2 Å². The first-order valence-electron chi connectivity index (χ1n) is 6.98. The predicted octanol–water partition coefficient (Wildman–Crippen LogP) is 5.12. The molecule has 0 saturated carbocycles. The summed E-state index contributed by atoms with van der Waals surface area (Å²) in [6.07, 6.45) is 0.930. The second kappa shape index (κ2) is 6.72. The smallest absolute Gasteiger partial charge is 0.154 e. The minimum Gasteiger partial charge on any atom is -0.491 e. The first kappa shape index (κ1) is 15.5. The van der Waals surface area contributed by atoms with E-state index in [2.05, 4.69) is 6.92 Å². The number of ether oxygens (including phenoxy) is 2. The Morgan fingerprint density at radius 1 is 1.10 bits per heavy atom. The number of nitrogens with two attached hydrogens (primary N) is 1. The highest BCUT2D eigenvalue weighted by Crippen LogP contribution is 2.37. The van der Waals surface area contributed by atoms with E-state index >= 15 is 0 Å². The van der Waals surface area contributed by atoms with Crippen LogP contribution in [0.15, 0.2) is 30.3 Å². The molecule has 3 nitrogen and oxygen atoms in total. The molecule has 0 spiro atoms. The summed E-state index contributed by atoms with van der Waals surface area (Å²) in [4.78, 5) is 0. The Kier molecular flexibility index (Phi) is 4.97. The van der Waals surface area contributed by atoms with E-state index in [4.69, 9.17) is 26.8 Å². The van der Waals surface area contributed by atoms with Gasteiger partial charge in [-0.15, -0.1) is 0 Å². The molecule has 2 aromatic carbocycles. The van der Waals surface area contributed by atoms with Gasteiger partial charge < -0.3 is 15.2 Å². The van der Waals surface area contributed by atoms with E-state index in [-0.39, 0.29) is 0 Å². The maximum atomic E-state index is 6.13. The standard InChI is InChI=1S/C17H20ClNO2/c1-4-8-20-14-6-5-7-15(16(14)19)21-17-11(2)9-13(18)10-12(17)3/h5-7,9-10H,4,8,19H2,1-3H3. The summed E-state index contributed by atoms with van der Waals surface area (Å²) in [6.45, 7) is 6.60. The van der Waals surface area contributed by atoms with Gasteiger partial charge in [-0.1, -0.05) is 24.6 Å². The molecule has 0 bridgehead atoms. The third kappa shape index (κ3) is 3.61. The van der Waals surface area contributed by atoms with Crippen LogP contribution in [-0.4, -0.2) is 6.61 Å². The van der Waals surface area contributed by atoms with Crippen molar-refractivity contribution < 1.29 is 9.47 Å². The SMILES string of the molecule is CCCOc1cccc(Oc2c(C)cc(Cl)cc2C)c1N. The van der Waals surface area contributed by atoms with Crippen LogP contribution >= 0.6 is 11.6 Å². The molecule has 0 radical (unpaired) electrons. The number of hydrogen-bond donors (Lipinski definition) is 1. The van der Waals surface area contributed by atoms with E-state index in [1.165, 1.54) is 0 Å². The summed E-state index contributed by atoms with van der Waals surface area (Å²) < 4.78 is 11.6. The van der Waals surface area contributed by atoms with Crippen LogP contribution in [0.2, 0.25) is 5.02 Å². The minimum absolute atomic E-state index is 0.514. The fourth-order valence-electron chi connectivity index (χ4n) is 2.12. The molecule has 2 rings (SSSR count). The lowest BCUT2D eigenvalue weighted by Gasteiger charge is -2.16. The van der Waals surface area contributed by atoms with Crippen molar-refractivity contribution in [3.63, 3.8) is 0 Å². The maximum Gasteiger partial charge on any atom is 0.154 e. The molecule has 2 aromatic rings. The monoisotopic (exact) mass is 305 g/mol. The van der Waals surface area contributed by atoms with Crippen molar-refractivity contribution in [3.05, 3.63) is 46.5 Å². The summed E-state index contributed by atoms with van der Waals surface area (Å²) in [7, 11) is 0. The Balaban J connectivity index is 2.32. The van der Waals surface area contributed by atoms with Crippen molar-refractivity contribution in [3.8, 4) is 17.2 Å². The highest BCUT2D eigenvalue weighted by Gasteiger charge is 2.12. The normalized spacial score (nSPS) is 10.5. The molecule has 2 N–H and O–H groups in total. The van der Waals surface area contributed by atoms with Crippen molar-refractivity contribution in [1.82, 2.24) is 0 Å². The molecule has 0 aromatic heterocycles. The molecule has 0 fully saturated rings. The molecular formula is C17H20ClNO2. The number of para-hydroxylation sites is 1. The van der Waals surface area contributed by atoms with Gasteiger partial charge in [0, 0.05) is 5.02 Å². The third-order valence-corrected chi connectivity index (χ3v) is 3.34. The van der Waals surface area contributed by atoms with Crippen LogP contribution < -0.4 is 15.2 Å².